The van der Waals surface area contributed by atoms with E-state index in [0.29, 0.717) is 36.6 Å². The van der Waals surface area contributed by atoms with Gasteiger partial charge in [-0.15, -0.1) is 0 Å². The monoisotopic (exact) mass is 302 g/mol. The summed E-state index contributed by atoms with van der Waals surface area (Å²) < 4.78 is 0. The number of hydrogen-bond acceptors (Lipinski definition) is 3. The third-order valence-electron chi connectivity index (χ3n) is 4.89. The number of aliphatic imine (C=N–C) groups is 1. The normalized spacial score (nSPS) is 28.6. The Morgan fingerprint density at radius 3 is 2.77 bits per heavy atom. The Labute approximate surface area is 130 Å². The highest BCUT2D eigenvalue weighted by molar-refractivity contribution is 6.28. The standard InChI is InChI=1S/C17H22N2O3/c1-10(2)14-6-4-8-19(14)17(22)12-9-11-13(18-16(12)21)5-3-7-15(11)20/h9-10,12,14H,3-8H2,1-2H3. The largest absolute Gasteiger partial charge is 0.338 e. The Bertz CT molecular complexity index is 589. The number of likely N-dealkylation sites (tertiary alicyclic amines) is 1. The molecule has 5 nitrogen and oxygen atoms in total. The predicted molar refractivity (Wildman–Crippen MR) is 82.4 cm³/mol. The minimum atomic E-state index is -0.903. The molecule has 0 aromatic rings. The third-order valence-corrected chi connectivity index (χ3v) is 4.89. The van der Waals surface area contributed by atoms with Gasteiger partial charge in [0.25, 0.3) is 5.91 Å². The first kappa shape index (κ1) is 15.1. The fraction of sp³-hybridized carbons (Fsp3) is 0.647. The van der Waals surface area contributed by atoms with Gasteiger partial charge in [-0.25, -0.2) is 4.99 Å². The average Bonchev–Trinajstić information content (AvgIpc) is 2.96. The summed E-state index contributed by atoms with van der Waals surface area (Å²) in [5.41, 5.74) is 1.08. The van der Waals surface area contributed by atoms with Gasteiger partial charge in [0.05, 0.1) is 5.71 Å². The zero-order valence-corrected chi connectivity index (χ0v) is 13.2. The van der Waals surface area contributed by atoms with Crippen molar-refractivity contribution in [2.75, 3.05) is 6.54 Å². The van der Waals surface area contributed by atoms with Gasteiger partial charge in [0, 0.05) is 24.6 Å². The number of rotatable bonds is 2. The number of carbonyl (C=O) groups excluding carboxylic acids is 3. The van der Waals surface area contributed by atoms with Crippen molar-refractivity contribution in [2.45, 2.75) is 52.0 Å². The second-order valence-corrected chi connectivity index (χ2v) is 6.72. The zero-order valence-electron chi connectivity index (χ0n) is 13.2. The van der Waals surface area contributed by atoms with Crippen LogP contribution in [0.5, 0.6) is 0 Å². The summed E-state index contributed by atoms with van der Waals surface area (Å²) >= 11 is 0. The van der Waals surface area contributed by atoms with Crippen LogP contribution in [0.1, 0.15) is 46.0 Å². The van der Waals surface area contributed by atoms with Crippen LogP contribution in [0.25, 0.3) is 0 Å². The number of allylic oxidation sites excluding steroid dienone is 1. The molecule has 1 aliphatic carbocycles. The molecule has 2 amide bonds. The van der Waals surface area contributed by atoms with Crippen LogP contribution in [0.15, 0.2) is 16.6 Å². The molecule has 22 heavy (non-hydrogen) atoms. The summed E-state index contributed by atoms with van der Waals surface area (Å²) in [6, 6.07) is 0.186. The molecular formula is C17H22N2O3. The molecule has 1 saturated carbocycles. The Hall–Kier alpha value is -1.78. The van der Waals surface area contributed by atoms with Crippen molar-refractivity contribution in [3.63, 3.8) is 0 Å². The van der Waals surface area contributed by atoms with Gasteiger partial charge < -0.3 is 4.90 Å². The molecule has 3 aliphatic rings. The molecule has 0 spiro atoms. The SMILES string of the molecule is CC(C)C1CCCN1C(=O)C1C=C2C(=O)CCCC2=NC1=O. The van der Waals surface area contributed by atoms with Crippen molar-refractivity contribution in [3.8, 4) is 0 Å². The third kappa shape index (κ3) is 2.53. The van der Waals surface area contributed by atoms with E-state index in [1.165, 1.54) is 0 Å². The first-order valence-corrected chi connectivity index (χ1v) is 8.16. The van der Waals surface area contributed by atoms with Crippen LogP contribution in [0.3, 0.4) is 0 Å². The lowest BCUT2D eigenvalue weighted by molar-refractivity contribution is -0.140. The molecule has 0 aromatic heterocycles. The molecule has 118 valence electrons. The molecule has 3 rings (SSSR count). The van der Waals surface area contributed by atoms with Gasteiger partial charge in [-0.05, 0) is 31.6 Å². The Morgan fingerprint density at radius 2 is 2.05 bits per heavy atom. The molecule has 2 aliphatic heterocycles. The number of carbonyl (C=O) groups is 3. The van der Waals surface area contributed by atoms with Crippen molar-refractivity contribution in [2.24, 2.45) is 16.8 Å². The van der Waals surface area contributed by atoms with Gasteiger partial charge in [0.2, 0.25) is 5.91 Å². The van der Waals surface area contributed by atoms with E-state index in [4.69, 9.17) is 0 Å². The topological polar surface area (TPSA) is 66.8 Å². The van der Waals surface area contributed by atoms with E-state index in [0.717, 1.165) is 19.3 Å². The second-order valence-electron chi connectivity index (χ2n) is 6.72. The lowest BCUT2D eigenvalue weighted by Gasteiger charge is -2.31. The van der Waals surface area contributed by atoms with E-state index in [-0.39, 0.29) is 17.7 Å². The first-order chi connectivity index (χ1) is 10.5. The van der Waals surface area contributed by atoms with Gasteiger partial charge in [-0.2, -0.15) is 0 Å². The molecule has 0 radical (unpaired) electrons. The van der Waals surface area contributed by atoms with Crippen LogP contribution in [0.4, 0.5) is 0 Å². The number of hydrogen-bond donors (Lipinski definition) is 0. The molecular weight excluding hydrogens is 280 g/mol. The van der Waals surface area contributed by atoms with E-state index >= 15 is 0 Å². The van der Waals surface area contributed by atoms with Gasteiger partial charge in [0.1, 0.15) is 5.92 Å². The fourth-order valence-corrected chi connectivity index (χ4v) is 3.71. The van der Waals surface area contributed by atoms with Gasteiger partial charge >= 0.3 is 0 Å². The number of fused-ring (bicyclic) bond motifs is 1. The van der Waals surface area contributed by atoms with Gasteiger partial charge in [-0.3, -0.25) is 14.4 Å². The maximum absolute atomic E-state index is 12.8. The number of nitrogens with zero attached hydrogens (tertiary/aromatic N) is 2. The zero-order chi connectivity index (χ0) is 15.9. The molecule has 2 atom stereocenters. The molecule has 0 N–H and O–H groups in total. The molecule has 0 bridgehead atoms. The van der Waals surface area contributed by atoms with E-state index in [2.05, 4.69) is 18.8 Å². The van der Waals surface area contributed by atoms with Crippen molar-refractivity contribution >= 4 is 23.3 Å². The highest BCUT2D eigenvalue weighted by Crippen LogP contribution is 2.29. The quantitative estimate of drug-likeness (QED) is 0.732. The number of amides is 2. The lowest BCUT2D eigenvalue weighted by Crippen LogP contribution is -2.44. The molecule has 2 fully saturated rings. The Balaban J connectivity index is 1.85. The number of Topliss-reactive ketones (excluding diaryl/α,β-unsaturated/α-hetero) is 1. The van der Waals surface area contributed by atoms with Crippen molar-refractivity contribution in [3.05, 3.63) is 11.6 Å². The Kier molecular flexibility index (Phi) is 3.98. The van der Waals surface area contributed by atoms with Gasteiger partial charge in [-0.1, -0.05) is 19.9 Å². The molecule has 2 unspecified atom stereocenters. The lowest BCUT2D eigenvalue weighted by atomic mass is 9.86. The fourth-order valence-electron chi connectivity index (χ4n) is 3.71. The second kappa shape index (κ2) is 5.78. The van der Waals surface area contributed by atoms with Crippen LogP contribution in [-0.4, -0.2) is 40.8 Å². The Morgan fingerprint density at radius 1 is 1.27 bits per heavy atom. The number of ketones is 1. The van der Waals surface area contributed by atoms with E-state index in [1.807, 2.05) is 4.90 Å². The maximum atomic E-state index is 12.8. The smallest absolute Gasteiger partial charge is 0.262 e. The van der Waals surface area contributed by atoms with Gasteiger partial charge in [0.15, 0.2) is 5.78 Å². The molecule has 5 heteroatoms. The highest BCUT2D eigenvalue weighted by atomic mass is 16.2. The van der Waals surface area contributed by atoms with E-state index in [1.54, 1.807) is 6.08 Å². The van der Waals surface area contributed by atoms with Crippen LogP contribution < -0.4 is 0 Å². The summed E-state index contributed by atoms with van der Waals surface area (Å²) in [4.78, 5) is 42.9. The molecule has 0 aromatic carbocycles. The van der Waals surface area contributed by atoms with Crippen LogP contribution in [-0.2, 0) is 14.4 Å². The summed E-state index contributed by atoms with van der Waals surface area (Å²) in [6.45, 7) is 4.88. The molecule has 1 saturated heterocycles. The van der Waals surface area contributed by atoms with Crippen molar-refractivity contribution in [1.29, 1.82) is 0 Å². The summed E-state index contributed by atoms with van der Waals surface area (Å²) in [5, 5.41) is 0. The molecule has 2 heterocycles. The van der Waals surface area contributed by atoms with Crippen molar-refractivity contribution in [1.82, 2.24) is 4.90 Å². The van der Waals surface area contributed by atoms with Crippen LogP contribution in [0, 0.1) is 11.8 Å². The summed E-state index contributed by atoms with van der Waals surface area (Å²) in [6.07, 6.45) is 5.40. The maximum Gasteiger partial charge on any atom is 0.262 e. The summed E-state index contributed by atoms with van der Waals surface area (Å²) in [5.74, 6) is -1.12. The minimum absolute atomic E-state index is 0.0112. The number of dihydropyridines is 1. The van der Waals surface area contributed by atoms with Crippen LogP contribution in [0.2, 0.25) is 0 Å². The first-order valence-electron chi connectivity index (χ1n) is 8.16. The van der Waals surface area contributed by atoms with E-state index < -0.39 is 11.8 Å². The minimum Gasteiger partial charge on any atom is -0.338 e. The highest BCUT2D eigenvalue weighted by Gasteiger charge is 2.39. The average molecular weight is 302 g/mol. The summed E-state index contributed by atoms with van der Waals surface area (Å²) in [7, 11) is 0. The van der Waals surface area contributed by atoms with E-state index in [9.17, 15) is 14.4 Å². The predicted octanol–water partition coefficient (Wildman–Crippen LogP) is 1.91. The van der Waals surface area contributed by atoms with Crippen LogP contribution >= 0.6 is 0 Å². The van der Waals surface area contributed by atoms with Crippen molar-refractivity contribution < 1.29 is 14.4 Å².